The summed E-state index contributed by atoms with van der Waals surface area (Å²) in [7, 11) is 0. The molecule has 4 heteroatoms. The molecule has 0 bridgehead atoms. The van der Waals surface area contributed by atoms with Gasteiger partial charge in [0.2, 0.25) is 5.91 Å². The molecule has 1 heterocycles. The second-order valence-electron chi connectivity index (χ2n) is 5.61. The number of carbonyl (C=O) groups is 1. The van der Waals surface area contributed by atoms with Crippen molar-refractivity contribution in [1.29, 1.82) is 0 Å². The molecule has 1 fully saturated rings. The van der Waals surface area contributed by atoms with Crippen molar-refractivity contribution in [2.45, 2.75) is 64.6 Å². The second kappa shape index (κ2) is 5.83. The predicted molar refractivity (Wildman–Crippen MR) is 70.8 cm³/mol. The lowest BCUT2D eigenvalue weighted by Crippen LogP contribution is -2.56. The van der Waals surface area contributed by atoms with E-state index in [1.165, 1.54) is 0 Å². The lowest BCUT2D eigenvalue weighted by molar-refractivity contribution is -0.128. The molecule has 1 rings (SSSR count). The highest BCUT2D eigenvalue weighted by atomic mass is 16.2. The van der Waals surface area contributed by atoms with Crippen LogP contribution in [-0.4, -0.2) is 41.5 Å². The predicted octanol–water partition coefficient (Wildman–Crippen LogP) is 1.10. The Bertz CT molecular complexity index is 265. The van der Waals surface area contributed by atoms with Crippen LogP contribution in [0.5, 0.6) is 0 Å². The van der Waals surface area contributed by atoms with Gasteiger partial charge in [0.25, 0.3) is 0 Å². The third-order valence-corrected chi connectivity index (χ3v) is 3.88. The van der Waals surface area contributed by atoms with Crippen molar-refractivity contribution in [3.05, 3.63) is 0 Å². The van der Waals surface area contributed by atoms with Gasteiger partial charge in [0.15, 0.2) is 0 Å². The molecule has 0 saturated carbocycles. The summed E-state index contributed by atoms with van der Waals surface area (Å²) in [5.74, 6) is 0.140. The minimum absolute atomic E-state index is 0.0500. The topological polar surface area (TPSA) is 58.4 Å². The van der Waals surface area contributed by atoms with Gasteiger partial charge in [-0.15, -0.1) is 0 Å². The summed E-state index contributed by atoms with van der Waals surface area (Å²) in [4.78, 5) is 14.5. The molecule has 0 aromatic carbocycles. The van der Waals surface area contributed by atoms with Gasteiger partial charge in [0.1, 0.15) is 0 Å². The molecule has 4 nitrogen and oxygen atoms in total. The summed E-state index contributed by atoms with van der Waals surface area (Å²) >= 11 is 0. The summed E-state index contributed by atoms with van der Waals surface area (Å²) in [5, 5.41) is 3.01. The van der Waals surface area contributed by atoms with Crippen molar-refractivity contribution in [3.8, 4) is 0 Å². The van der Waals surface area contributed by atoms with Crippen LogP contribution in [0.1, 0.15) is 47.0 Å². The Morgan fingerprint density at radius 1 is 1.59 bits per heavy atom. The summed E-state index contributed by atoms with van der Waals surface area (Å²) < 4.78 is 0. The zero-order valence-corrected chi connectivity index (χ0v) is 11.6. The molecule has 0 aromatic rings. The van der Waals surface area contributed by atoms with E-state index in [9.17, 15) is 4.79 Å². The third kappa shape index (κ3) is 3.19. The number of nitrogens with zero attached hydrogens (tertiary/aromatic N) is 1. The molecule has 1 saturated heterocycles. The van der Waals surface area contributed by atoms with Crippen molar-refractivity contribution >= 4 is 5.91 Å². The molecule has 0 aromatic heterocycles. The molecular weight excluding hydrogens is 214 g/mol. The Morgan fingerprint density at radius 2 is 2.24 bits per heavy atom. The summed E-state index contributed by atoms with van der Waals surface area (Å²) in [6.07, 6.45) is 2.78. The largest absolute Gasteiger partial charge is 0.355 e. The molecule has 1 aliphatic heterocycles. The van der Waals surface area contributed by atoms with Crippen molar-refractivity contribution in [2.75, 3.05) is 13.1 Å². The molecule has 2 unspecified atom stereocenters. The van der Waals surface area contributed by atoms with Gasteiger partial charge >= 0.3 is 0 Å². The molecular formula is C13H27N3O. The molecule has 1 aliphatic rings. The summed E-state index contributed by atoms with van der Waals surface area (Å²) in [6, 6.07) is 0.331. The average Bonchev–Trinajstić information content (AvgIpc) is 2.36. The number of rotatable bonds is 4. The number of nitrogens with one attached hydrogen (secondary N) is 1. The zero-order chi connectivity index (χ0) is 13.1. The van der Waals surface area contributed by atoms with Crippen molar-refractivity contribution in [2.24, 2.45) is 5.73 Å². The first kappa shape index (κ1) is 14.5. The van der Waals surface area contributed by atoms with Crippen LogP contribution >= 0.6 is 0 Å². The normalized spacial score (nSPS) is 27.4. The first-order valence-corrected chi connectivity index (χ1v) is 6.70. The highest BCUT2D eigenvalue weighted by molar-refractivity contribution is 5.82. The van der Waals surface area contributed by atoms with Crippen LogP contribution in [-0.2, 0) is 4.79 Å². The van der Waals surface area contributed by atoms with E-state index in [1.807, 2.05) is 0 Å². The number of amides is 1. The number of hydrogen-bond donors (Lipinski definition) is 2. The lowest BCUT2D eigenvalue weighted by Gasteiger charge is -2.44. The van der Waals surface area contributed by atoms with Gasteiger partial charge in [-0.3, -0.25) is 9.69 Å². The molecule has 0 spiro atoms. The Morgan fingerprint density at radius 3 is 2.76 bits per heavy atom. The fraction of sp³-hybridized carbons (Fsp3) is 0.923. The van der Waals surface area contributed by atoms with E-state index in [-0.39, 0.29) is 17.5 Å². The minimum Gasteiger partial charge on any atom is -0.355 e. The van der Waals surface area contributed by atoms with Gasteiger partial charge in [-0.05, 0) is 46.6 Å². The summed E-state index contributed by atoms with van der Waals surface area (Å²) in [6.45, 7) is 10.1. The molecule has 2 atom stereocenters. The van der Waals surface area contributed by atoms with Crippen LogP contribution in [0.25, 0.3) is 0 Å². The van der Waals surface area contributed by atoms with Crippen molar-refractivity contribution in [3.63, 3.8) is 0 Å². The maximum absolute atomic E-state index is 12.1. The van der Waals surface area contributed by atoms with Gasteiger partial charge in [-0.1, -0.05) is 6.92 Å². The molecule has 100 valence electrons. The maximum atomic E-state index is 12.1. The van der Waals surface area contributed by atoms with Crippen molar-refractivity contribution < 1.29 is 4.79 Å². The highest BCUT2D eigenvalue weighted by Gasteiger charge is 2.40. The molecule has 17 heavy (non-hydrogen) atoms. The third-order valence-electron chi connectivity index (χ3n) is 3.88. The minimum atomic E-state index is -0.0764. The number of nitrogens with two attached hydrogens (primary N) is 1. The number of carbonyl (C=O) groups excluding carboxylic acids is 1. The van der Waals surface area contributed by atoms with Crippen LogP contribution < -0.4 is 11.1 Å². The van der Waals surface area contributed by atoms with E-state index in [0.29, 0.717) is 12.6 Å². The Kier molecular flexibility index (Phi) is 4.95. The molecule has 1 amide bonds. The fourth-order valence-electron chi connectivity index (χ4n) is 2.82. The van der Waals surface area contributed by atoms with Gasteiger partial charge < -0.3 is 11.1 Å². The standard InChI is InChI=1S/C13H27N3O/c1-5-10(2)16-11(6-8-14)12(17)15-9-7-13(16,3)4/h10-11H,5-9,14H2,1-4H3,(H,15,17). The van der Waals surface area contributed by atoms with Crippen LogP contribution in [0, 0.1) is 0 Å². The van der Waals surface area contributed by atoms with E-state index in [4.69, 9.17) is 5.73 Å². The molecule has 0 radical (unpaired) electrons. The van der Waals surface area contributed by atoms with Gasteiger partial charge in [-0.2, -0.15) is 0 Å². The molecule has 0 aliphatic carbocycles. The highest BCUT2D eigenvalue weighted by Crippen LogP contribution is 2.28. The van der Waals surface area contributed by atoms with E-state index in [2.05, 4.69) is 37.9 Å². The number of hydrogen-bond acceptors (Lipinski definition) is 3. The lowest BCUT2D eigenvalue weighted by atomic mass is 9.93. The van der Waals surface area contributed by atoms with E-state index in [1.54, 1.807) is 0 Å². The smallest absolute Gasteiger partial charge is 0.237 e. The van der Waals surface area contributed by atoms with E-state index in [0.717, 1.165) is 25.8 Å². The van der Waals surface area contributed by atoms with Gasteiger partial charge in [0.05, 0.1) is 6.04 Å². The first-order chi connectivity index (χ1) is 7.94. The van der Waals surface area contributed by atoms with E-state index < -0.39 is 0 Å². The van der Waals surface area contributed by atoms with Crippen LogP contribution in [0.2, 0.25) is 0 Å². The second-order valence-corrected chi connectivity index (χ2v) is 5.61. The quantitative estimate of drug-likeness (QED) is 0.775. The SMILES string of the molecule is CCC(C)N1C(CCN)C(=O)NCCC1(C)C. The Hall–Kier alpha value is -0.610. The van der Waals surface area contributed by atoms with Gasteiger partial charge in [0, 0.05) is 18.1 Å². The first-order valence-electron chi connectivity index (χ1n) is 6.70. The van der Waals surface area contributed by atoms with E-state index >= 15 is 0 Å². The van der Waals surface area contributed by atoms with Crippen LogP contribution in [0.15, 0.2) is 0 Å². The average molecular weight is 241 g/mol. The fourth-order valence-corrected chi connectivity index (χ4v) is 2.82. The molecule has 3 N–H and O–H groups in total. The monoisotopic (exact) mass is 241 g/mol. The zero-order valence-electron chi connectivity index (χ0n) is 11.6. The van der Waals surface area contributed by atoms with Crippen LogP contribution in [0.3, 0.4) is 0 Å². The maximum Gasteiger partial charge on any atom is 0.237 e. The summed E-state index contributed by atoms with van der Waals surface area (Å²) in [5.41, 5.74) is 5.71. The van der Waals surface area contributed by atoms with Gasteiger partial charge in [-0.25, -0.2) is 0 Å². The van der Waals surface area contributed by atoms with Crippen molar-refractivity contribution in [1.82, 2.24) is 10.2 Å². The van der Waals surface area contributed by atoms with Crippen LogP contribution in [0.4, 0.5) is 0 Å². The Labute approximate surface area is 105 Å². The Balaban J connectivity index is 3.02.